The van der Waals surface area contributed by atoms with Crippen LogP contribution in [0.15, 0.2) is 18.2 Å². The summed E-state index contributed by atoms with van der Waals surface area (Å²) in [5.41, 5.74) is 6.90. The zero-order valence-electron chi connectivity index (χ0n) is 11.6. The van der Waals surface area contributed by atoms with Gasteiger partial charge in [-0.15, -0.1) is 0 Å². The molecule has 2 aliphatic rings. The lowest BCUT2D eigenvalue weighted by atomic mass is 9.78. The molecule has 1 aliphatic heterocycles. The molecule has 1 saturated heterocycles. The van der Waals surface area contributed by atoms with Gasteiger partial charge in [0, 0.05) is 18.2 Å². The highest BCUT2D eigenvalue weighted by Crippen LogP contribution is 2.38. The molecule has 4 heteroatoms. The Kier molecular flexibility index (Phi) is 3.92. The average Bonchev–Trinajstić information content (AvgIpc) is 2.46. The SMILES string of the molecule is NC(=S)c1ccc(N2CCCC3CCCCC32)c(F)c1. The second kappa shape index (κ2) is 5.68. The predicted molar refractivity (Wildman–Crippen MR) is 84.6 cm³/mol. The van der Waals surface area contributed by atoms with E-state index in [1.165, 1.54) is 38.2 Å². The Balaban J connectivity index is 1.89. The van der Waals surface area contributed by atoms with Gasteiger partial charge < -0.3 is 10.6 Å². The second-order valence-corrected chi connectivity index (χ2v) is 6.42. The van der Waals surface area contributed by atoms with Crippen molar-refractivity contribution < 1.29 is 4.39 Å². The summed E-state index contributed by atoms with van der Waals surface area (Å²) in [6, 6.07) is 5.68. The van der Waals surface area contributed by atoms with Gasteiger partial charge in [-0.1, -0.05) is 25.1 Å². The fourth-order valence-electron chi connectivity index (χ4n) is 3.82. The van der Waals surface area contributed by atoms with Gasteiger partial charge in [-0.3, -0.25) is 0 Å². The molecule has 2 N–H and O–H groups in total. The number of halogens is 1. The molecule has 0 radical (unpaired) electrons. The van der Waals surface area contributed by atoms with Gasteiger partial charge in [-0.2, -0.15) is 0 Å². The van der Waals surface area contributed by atoms with Gasteiger partial charge >= 0.3 is 0 Å². The van der Waals surface area contributed by atoms with Crippen molar-refractivity contribution in [2.45, 2.75) is 44.6 Å². The summed E-state index contributed by atoms with van der Waals surface area (Å²) >= 11 is 4.91. The summed E-state index contributed by atoms with van der Waals surface area (Å²) < 4.78 is 14.4. The number of benzene rings is 1. The summed E-state index contributed by atoms with van der Waals surface area (Å²) in [5.74, 6) is 0.550. The van der Waals surface area contributed by atoms with Crippen LogP contribution in [0.25, 0.3) is 0 Å². The lowest BCUT2D eigenvalue weighted by molar-refractivity contribution is 0.242. The Morgan fingerprint density at radius 2 is 1.95 bits per heavy atom. The standard InChI is InChI=1S/C16H21FN2S/c17-13-10-12(16(18)20)7-8-15(13)19-9-3-5-11-4-1-2-6-14(11)19/h7-8,10-11,14H,1-6,9H2,(H2,18,20). The first-order valence-corrected chi connectivity index (χ1v) is 7.93. The van der Waals surface area contributed by atoms with E-state index in [2.05, 4.69) is 4.90 Å². The minimum absolute atomic E-state index is 0.193. The van der Waals surface area contributed by atoms with Gasteiger partial charge in [0.1, 0.15) is 10.8 Å². The van der Waals surface area contributed by atoms with Crippen molar-refractivity contribution in [3.05, 3.63) is 29.6 Å². The van der Waals surface area contributed by atoms with E-state index in [-0.39, 0.29) is 10.8 Å². The van der Waals surface area contributed by atoms with Crippen LogP contribution in [0.5, 0.6) is 0 Å². The number of hydrogen-bond donors (Lipinski definition) is 1. The first kappa shape index (κ1) is 13.8. The molecular weight excluding hydrogens is 271 g/mol. The third-order valence-electron chi connectivity index (χ3n) is 4.78. The van der Waals surface area contributed by atoms with Crippen LogP contribution in [0, 0.1) is 11.7 Å². The molecule has 0 spiro atoms. The Morgan fingerprint density at radius 3 is 2.70 bits per heavy atom. The molecule has 0 amide bonds. The molecule has 0 bridgehead atoms. The number of nitrogens with two attached hydrogens (primary N) is 1. The molecule has 2 unspecified atom stereocenters. The molecule has 1 aromatic carbocycles. The molecule has 1 aromatic rings. The van der Waals surface area contributed by atoms with E-state index < -0.39 is 0 Å². The molecule has 2 nitrogen and oxygen atoms in total. The number of nitrogens with zero attached hydrogens (tertiary/aromatic N) is 1. The fraction of sp³-hybridized carbons (Fsp3) is 0.562. The highest BCUT2D eigenvalue weighted by Gasteiger charge is 2.34. The van der Waals surface area contributed by atoms with Crippen LogP contribution in [0.3, 0.4) is 0 Å². The topological polar surface area (TPSA) is 29.3 Å². The van der Waals surface area contributed by atoms with E-state index in [1.807, 2.05) is 12.1 Å². The minimum atomic E-state index is -0.193. The van der Waals surface area contributed by atoms with Crippen LogP contribution < -0.4 is 10.6 Å². The van der Waals surface area contributed by atoms with E-state index >= 15 is 0 Å². The van der Waals surface area contributed by atoms with Crippen LogP contribution >= 0.6 is 12.2 Å². The Labute approximate surface area is 125 Å². The first-order valence-electron chi connectivity index (χ1n) is 7.53. The monoisotopic (exact) mass is 292 g/mol. The fourth-order valence-corrected chi connectivity index (χ4v) is 3.94. The number of rotatable bonds is 2. The van der Waals surface area contributed by atoms with Crippen LogP contribution in [-0.4, -0.2) is 17.6 Å². The molecule has 2 fully saturated rings. The van der Waals surface area contributed by atoms with Crippen LogP contribution in [-0.2, 0) is 0 Å². The highest BCUT2D eigenvalue weighted by atomic mass is 32.1. The summed E-state index contributed by atoms with van der Waals surface area (Å²) in [5, 5.41) is 0. The number of anilines is 1. The molecule has 1 heterocycles. The molecule has 0 aromatic heterocycles. The normalized spacial score (nSPS) is 26.1. The van der Waals surface area contributed by atoms with Crippen molar-refractivity contribution in [1.82, 2.24) is 0 Å². The van der Waals surface area contributed by atoms with E-state index in [0.717, 1.165) is 24.6 Å². The lowest BCUT2D eigenvalue weighted by Gasteiger charge is -2.45. The van der Waals surface area contributed by atoms with Crippen molar-refractivity contribution in [3.8, 4) is 0 Å². The molecule has 1 saturated carbocycles. The Bertz CT molecular complexity index is 515. The second-order valence-electron chi connectivity index (χ2n) is 5.98. The largest absolute Gasteiger partial charge is 0.389 e. The van der Waals surface area contributed by atoms with Crippen LogP contribution in [0.4, 0.5) is 10.1 Å². The van der Waals surface area contributed by atoms with Crippen molar-refractivity contribution >= 4 is 22.9 Å². The molecular formula is C16H21FN2S. The zero-order chi connectivity index (χ0) is 14.1. The third kappa shape index (κ3) is 2.53. The summed E-state index contributed by atoms with van der Waals surface area (Å²) in [6.07, 6.45) is 7.56. The summed E-state index contributed by atoms with van der Waals surface area (Å²) in [6.45, 7) is 0.963. The van der Waals surface area contributed by atoms with E-state index in [0.29, 0.717) is 11.6 Å². The van der Waals surface area contributed by atoms with Crippen molar-refractivity contribution in [1.29, 1.82) is 0 Å². The molecule has 1 aliphatic carbocycles. The average molecular weight is 292 g/mol. The van der Waals surface area contributed by atoms with E-state index in [4.69, 9.17) is 18.0 Å². The van der Waals surface area contributed by atoms with E-state index in [1.54, 1.807) is 0 Å². The van der Waals surface area contributed by atoms with Gasteiger partial charge in [0.05, 0.1) is 5.69 Å². The van der Waals surface area contributed by atoms with Gasteiger partial charge in [0.15, 0.2) is 0 Å². The number of thiocarbonyl (C=S) groups is 1. The lowest BCUT2D eigenvalue weighted by Crippen LogP contribution is -2.47. The van der Waals surface area contributed by atoms with Gasteiger partial charge in [0.2, 0.25) is 0 Å². The van der Waals surface area contributed by atoms with Gasteiger partial charge in [-0.05, 0) is 49.8 Å². The van der Waals surface area contributed by atoms with E-state index in [9.17, 15) is 4.39 Å². The van der Waals surface area contributed by atoms with Gasteiger partial charge in [-0.25, -0.2) is 4.39 Å². The summed E-state index contributed by atoms with van der Waals surface area (Å²) in [7, 11) is 0. The van der Waals surface area contributed by atoms with Crippen molar-refractivity contribution in [3.63, 3.8) is 0 Å². The molecule has 2 atom stereocenters. The quantitative estimate of drug-likeness (QED) is 0.844. The van der Waals surface area contributed by atoms with Crippen molar-refractivity contribution in [2.75, 3.05) is 11.4 Å². The minimum Gasteiger partial charge on any atom is -0.389 e. The van der Waals surface area contributed by atoms with Crippen molar-refractivity contribution in [2.24, 2.45) is 11.7 Å². The summed E-state index contributed by atoms with van der Waals surface area (Å²) in [4.78, 5) is 2.54. The Morgan fingerprint density at radius 1 is 1.20 bits per heavy atom. The predicted octanol–water partition coefficient (Wildman–Crippen LogP) is 3.62. The van der Waals surface area contributed by atoms with Crippen LogP contribution in [0.1, 0.15) is 44.1 Å². The third-order valence-corrected chi connectivity index (χ3v) is 5.02. The van der Waals surface area contributed by atoms with Gasteiger partial charge in [0.25, 0.3) is 0 Å². The number of fused-ring (bicyclic) bond motifs is 1. The first-order chi connectivity index (χ1) is 9.66. The molecule has 20 heavy (non-hydrogen) atoms. The zero-order valence-corrected chi connectivity index (χ0v) is 12.5. The maximum absolute atomic E-state index is 14.4. The number of hydrogen-bond acceptors (Lipinski definition) is 2. The maximum Gasteiger partial charge on any atom is 0.147 e. The molecule has 108 valence electrons. The number of piperidine rings is 1. The highest BCUT2D eigenvalue weighted by molar-refractivity contribution is 7.80. The Hall–Kier alpha value is -1.16. The maximum atomic E-state index is 14.4. The van der Waals surface area contributed by atoms with Crippen LogP contribution in [0.2, 0.25) is 0 Å². The smallest absolute Gasteiger partial charge is 0.147 e. The molecule has 3 rings (SSSR count).